The van der Waals surface area contributed by atoms with Crippen molar-refractivity contribution in [1.29, 1.82) is 5.41 Å². The van der Waals surface area contributed by atoms with Crippen LogP contribution in [0.15, 0.2) is 34.3 Å². The summed E-state index contributed by atoms with van der Waals surface area (Å²) in [6.45, 7) is 7.50. The van der Waals surface area contributed by atoms with Gasteiger partial charge in [0.05, 0.1) is 18.5 Å². The van der Waals surface area contributed by atoms with Crippen LogP contribution >= 0.6 is 0 Å². The molecule has 0 spiro atoms. The van der Waals surface area contributed by atoms with E-state index in [0.717, 1.165) is 16.5 Å². The standard InChI is InChI=1S/C27H37N7O6/c1-13-5-6-18-14(2)23(40-21(18)9-13)20(11-22(35)36)33-25(38)16(4)31-24(37)15(3)32-26(39)19(28)10-17-7-8-34(12-17)27(29)30/h5-7,9,15-16,19-20H,8,10-12,28H2,1-4H3,(H3,29,30)(H,31,37)(H,32,39)(H,33,38)(H,35,36). The first-order valence-corrected chi connectivity index (χ1v) is 12.9. The average molecular weight is 556 g/mol. The summed E-state index contributed by atoms with van der Waals surface area (Å²) >= 11 is 0. The molecule has 216 valence electrons. The number of nitrogens with one attached hydrogen (secondary N) is 4. The number of aliphatic carboxylic acids is 1. The molecule has 2 heterocycles. The molecule has 1 aromatic heterocycles. The summed E-state index contributed by atoms with van der Waals surface area (Å²) in [5.74, 6) is -2.64. The van der Waals surface area contributed by atoms with Crippen LogP contribution in [0.25, 0.3) is 11.0 Å². The van der Waals surface area contributed by atoms with Gasteiger partial charge in [-0.3, -0.25) is 24.6 Å². The van der Waals surface area contributed by atoms with Crippen molar-refractivity contribution in [2.75, 3.05) is 13.1 Å². The van der Waals surface area contributed by atoms with E-state index < -0.39 is 54.3 Å². The summed E-state index contributed by atoms with van der Waals surface area (Å²) in [6.07, 6.45) is 1.68. The fraction of sp³-hybridized carbons (Fsp3) is 0.444. The van der Waals surface area contributed by atoms with Crippen molar-refractivity contribution in [2.24, 2.45) is 11.5 Å². The lowest BCUT2D eigenvalue weighted by Gasteiger charge is -2.22. The number of furan rings is 1. The lowest BCUT2D eigenvalue weighted by Crippen LogP contribution is -2.54. The maximum absolute atomic E-state index is 12.9. The third-order valence-electron chi connectivity index (χ3n) is 6.80. The highest BCUT2D eigenvalue weighted by Crippen LogP contribution is 2.31. The van der Waals surface area contributed by atoms with E-state index in [4.69, 9.17) is 21.3 Å². The van der Waals surface area contributed by atoms with Gasteiger partial charge in [-0.05, 0) is 45.7 Å². The van der Waals surface area contributed by atoms with Crippen LogP contribution in [-0.2, 0) is 19.2 Å². The number of carboxylic acids is 1. The number of carbonyl (C=O) groups is 4. The Kier molecular flexibility index (Phi) is 9.53. The van der Waals surface area contributed by atoms with Gasteiger partial charge in [-0.15, -0.1) is 0 Å². The molecule has 2 aromatic rings. The van der Waals surface area contributed by atoms with Gasteiger partial charge in [0, 0.05) is 24.0 Å². The van der Waals surface area contributed by atoms with Gasteiger partial charge in [0.15, 0.2) is 5.96 Å². The van der Waals surface area contributed by atoms with Crippen LogP contribution in [0.3, 0.4) is 0 Å². The van der Waals surface area contributed by atoms with Crippen LogP contribution in [-0.4, -0.2) is 70.9 Å². The van der Waals surface area contributed by atoms with Crippen molar-refractivity contribution in [3.63, 3.8) is 0 Å². The maximum atomic E-state index is 12.9. The van der Waals surface area contributed by atoms with Gasteiger partial charge in [-0.1, -0.05) is 23.8 Å². The Labute approximate surface area is 231 Å². The number of guanidine groups is 1. The molecular weight excluding hydrogens is 518 g/mol. The highest BCUT2D eigenvalue weighted by Gasteiger charge is 2.29. The number of carboxylic acid groups (broad SMARTS) is 1. The van der Waals surface area contributed by atoms with Crippen molar-refractivity contribution in [3.05, 3.63) is 46.7 Å². The van der Waals surface area contributed by atoms with Gasteiger partial charge in [0.1, 0.15) is 23.4 Å². The molecule has 4 atom stereocenters. The first-order valence-electron chi connectivity index (χ1n) is 12.9. The molecule has 3 rings (SSSR count). The SMILES string of the molecule is Cc1ccc2c(C)c(C(CC(=O)O)NC(=O)C(C)NC(=O)C(C)NC(=O)C(N)CC3=CCN(C(=N)N)C3)oc2c1. The third-order valence-corrected chi connectivity index (χ3v) is 6.80. The van der Waals surface area contributed by atoms with Crippen molar-refractivity contribution in [3.8, 4) is 0 Å². The quantitative estimate of drug-likeness (QED) is 0.117. The smallest absolute Gasteiger partial charge is 0.305 e. The molecule has 13 nitrogen and oxygen atoms in total. The van der Waals surface area contributed by atoms with E-state index in [-0.39, 0.29) is 12.4 Å². The van der Waals surface area contributed by atoms with E-state index in [1.165, 1.54) is 13.8 Å². The number of nitrogens with two attached hydrogens (primary N) is 2. The summed E-state index contributed by atoms with van der Waals surface area (Å²) in [5.41, 5.74) is 14.6. The zero-order chi connectivity index (χ0) is 29.7. The molecule has 0 aliphatic carbocycles. The fourth-order valence-electron chi connectivity index (χ4n) is 4.47. The number of benzene rings is 1. The van der Waals surface area contributed by atoms with Crippen LogP contribution in [0.5, 0.6) is 0 Å². The number of amides is 3. The van der Waals surface area contributed by atoms with Gasteiger partial charge in [-0.2, -0.15) is 0 Å². The zero-order valence-electron chi connectivity index (χ0n) is 23.0. The second kappa shape index (κ2) is 12.6. The Bertz CT molecular complexity index is 1350. The molecular formula is C27H37N7O6. The lowest BCUT2D eigenvalue weighted by atomic mass is 10.0. The Hall–Kier alpha value is -4.39. The molecule has 1 aliphatic rings. The van der Waals surface area contributed by atoms with Crippen molar-refractivity contribution < 1.29 is 28.7 Å². The van der Waals surface area contributed by atoms with Gasteiger partial charge < -0.3 is 41.8 Å². The van der Waals surface area contributed by atoms with E-state index in [0.29, 0.717) is 30.0 Å². The largest absolute Gasteiger partial charge is 0.481 e. The molecule has 0 saturated carbocycles. The van der Waals surface area contributed by atoms with E-state index in [2.05, 4.69) is 16.0 Å². The van der Waals surface area contributed by atoms with Crippen LogP contribution in [0.4, 0.5) is 0 Å². The van der Waals surface area contributed by atoms with E-state index in [9.17, 15) is 24.3 Å². The molecule has 0 bridgehead atoms. The Morgan fingerprint density at radius 3 is 2.30 bits per heavy atom. The number of aryl methyl sites for hydroxylation is 2. The molecule has 40 heavy (non-hydrogen) atoms. The Morgan fingerprint density at radius 1 is 1.07 bits per heavy atom. The highest BCUT2D eigenvalue weighted by molar-refractivity contribution is 5.93. The normalized spacial score (nSPS) is 16.0. The van der Waals surface area contributed by atoms with Crippen molar-refractivity contribution in [2.45, 2.75) is 64.7 Å². The van der Waals surface area contributed by atoms with Crippen molar-refractivity contribution >= 4 is 40.6 Å². The summed E-state index contributed by atoms with van der Waals surface area (Å²) in [4.78, 5) is 51.4. The second-order valence-electron chi connectivity index (χ2n) is 10.1. The van der Waals surface area contributed by atoms with Gasteiger partial charge in [0.25, 0.3) is 0 Å². The molecule has 0 fully saturated rings. The average Bonchev–Trinajstić information content (AvgIpc) is 3.47. The van der Waals surface area contributed by atoms with E-state index >= 15 is 0 Å². The van der Waals surface area contributed by atoms with Crippen LogP contribution < -0.4 is 27.4 Å². The van der Waals surface area contributed by atoms with Crippen LogP contribution in [0, 0.1) is 19.3 Å². The lowest BCUT2D eigenvalue weighted by molar-refractivity contribution is -0.138. The Balaban J connectivity index is 1.57. The second-order valence-corrected chi connectivity index (χ2v) is 10.1. The van der Waals surface area contributed by atoms with Gasteiger partial charge in [-0.25, -0.2) is 0 Å². The van der Waals surface area contributed by atoms with Crippen molar-refractivity contribution in [1.82, 2.24) is 20.9 Å². The number of fused-ring (bicyclic) bond motifs is 1. The summed E-state index contributed by atoms with van der Waals surface area (Å²) in [7, 11) is 0. The summed E-state index contributed by atoms with van der Waals surface area (Å²) in [6, 6.07) is 1.72. The number of hydrogen-bond donors (Lipinski definition) is 7. The fourth-order valence-corrected chi connectivity index (χ4v) is 4.47. The van der Waals surface area contributed by atoms with Crippen LogP contribution in [0.1, 0.15) is 49.6 Å². The minimum Gasteiger partial charge on any atom is -0.481 e. The monoisotopic (exact) mass is 555 g/mol. The van der Waals surface area contributed by atoms with E-state index in [1.807, 2.05) is 31.2 Å². The van der Waals surface area contributed by atoms with Gasteiger partial charge in [0.2, 0.25) is 17.7 Å². The minimum atomic E-state index is -1.13. The topological polar surface area (TPSA) is 217 Å². The zero-order valence-corrected chi connectivity index (χ0v) is 23.0. The molecule has 3 amide bonds. The maximum Gasteiger partial charge on any atom is 0.305 e. The molecule has 4 unspecified atom stereocenters. The molecule has 9 N–H and O–H groups in total. The Morgan fingerprint density at radius 2 is 1.70 bits per heavy atom. The molecule has 1 aromatic carbocycles. The van der Waals surface area contributed by atoms with Gasteiger partial charge >= 0.3 is 5.97 Å². The van der Waals surface area contributed by atoms with E-state index in [1.54, 1.807) is 11.8 Å². The molecule has 13 heteroatoms. The number of rotatable bonds is 11. The summed E-state index contributed by atoms with van der Waals surface area (Å²) < 4.78 is 5.93. The number of nitrogens with zero attached hydrogens (tertiary/aromatic N) is 1. The number of carbonyl (C=O) groups excluding carboxylic acids is 3. The number of hydrogen-bond acceptors (Lipinski definition) is 7. The predicted molar refractivity (Wildman–Crippen MR) is 148 cm³/mol. The van der Waals surface area contributed by atoms with Crippen LogP contribution in [0.2, 0.25) is 0 Å². The highest BCUT2D eigenvalue weighted by atomic mass is 16.4. The predicted octanol–water partition coefficient (Wildman–Crippen LogP) is 0.544. The third kappa shape index (κ3) is 7.38. The first kappa shape index (κ1) is 30.2. The first-order chi connectivity index (χ1) is 18.8. The molecule has 0 saturated heterocycles. The minimum absolute atomic E-state index is 0.0650. The summed E-state index contributed by atoms with van der Waals surface area (Å²) in [5, 5.41) is 25.5. The molecule has 1 aliphatic heterocycles. The molecule has 0 radical (unpaired) electrons.